The molecule has 0 fully saturated rings. The van der Waals surface area contributed by atoms with E-state index in [0.29, 0.717) is 29.4 Å². The maximum atomic E-state index is 11.9. The lowest BCUT2D eigenvalue weighted by Gasteiger charge is -2.06. The van der Waals surface area contributed by atoms with Gasteiger partial charge in [-0.1, -0.05) is 18.2 Å². The van der Waals surface area contributed by atoms with Gasteiger partial charge in [-0.3, -0.25) is 4.79 Å². The molecular weight excluding hydrogens is 316 g/mol. The Morgan fingerprint density at radius 3 is 2.32 bits per heavy atom. The van der Waals surface area contributed by atoms with E-state index in [9.17, 15) is 4.79 Å². The van der Waals surface area contributed by atoms with E-state index >= 15 is 0 Å². The van der Waals surface area contributed by atoms with Gasteiger partial charge < -0.3 is 15.8 Å². The number of primary amides is 1. The first kappa shape index (κ1) is 16.6. The predicted molar refractivity (Wildman–Crippen MR) is 97.9 cm³/mol. The molecule has 128 valence electrons. The van der Waals surface area contributed by atoms with E-state index < -0.39 is 5.91 Å². The number of ether oxygens (including phenoxy) is 1. The molecule has 6 nitrogen and oxygen atoms in total. The first-order valence-corrected chi connectivity index (χ1v) is 8.05. The summed E-state index contributed by atoms with van der Waals surface area (Å²) in [6, 6.07) is 17.0. The molecule has 1 heterocycles. The van der Waals surface area contributed by atoms with E-state index in [0.717, 1.165) is 11.3 Å². The average molecular weight is 336 g/mol. The molecule has 3 aromatic rings. The molecule has 0 radical (unpaired) electrons. The van der Waals surface area contributed by atoms with Crippen LogP contribution >= 0.6 is 0 Å². The Balaban J connectivity index is 1.95. The Labute approximate surface area is 146 Å². The van der Waals surface area contributed by atoms with E-state index in [4.69, 9.17) is 10.5 Å². The molecule has 1 aromatic heterocycles. The number of carbonyl (C=O) groups excluding carboxylic acids is 1. The van der Waals surface area contributed by atoms with Gasteiger partial charge in [0.1, 0.15) is 28.6 Å². The van der Waals surface area contributed by atoms with Crippen molar-refractivity contribution in [1.29, 1.82) is 0 Å². The number of rotatable bonds is 6. The number of anilines is 1. The van der Waals surface area contributed by atoms with Gasteiger partial charge in [0, 0.05) is 19.2 Å². The van der Waals surface area contributed by atoms with Crippen molar-refractivity contribution >= 4 is 11.7 Å². The third kappa shape index (κ3) is 3.33. The normalized spacial score (nSPS) is 10.5. The second kappa shape index (κ2) is 7.09. The molecule has 0 atom stereocenters. The van der Waals surface area contributed by atoms with Gasteiger partial charge in [0.2, 0.25) is 0 Å². The van der Waals surface area contributed by atoms with Crippen molar-refractivity contribution in [2.24, 2.45) is 5.73 Å². The van der Waals surface area contributed by atoms with E-state index in [-0.39, 0.29) is 0 Å². The molecule has 0 bridgehead atoms. The van der Waals surface area contributed by atoms with Crippen LogP contribution in [0.25, 0.3) is 11.3 Å². The maximum Gasteiger partial charge on any atom is 0.254 e. The van der Waals surface area contributed by atoms with Crippen molar-refractivity contribution < 1.29 is 9.53 Å². The van der Waals surface area contributed by atoms with Gasteiger partial charge in [0.25, 0.3) is 5.91 Å². The number of nitrogens with two attached hydrogens (primary N) is 1. The molecule has 3 N–H and O–H groups in total. The first-order valence-electron chi connectivity index (χ1n) is 8.05. The third-order valence-corrected chi connectivity index (χ3v) is 3.84. The highest BCUT2D eigenvalue weighted by Crippen LogP contribution is 2.30. The van der Waals surface area contributed by atoms with Crippen molar-refractivity contribution in [3.8, 4) is 22.8 Å². The SMILES string of the molecule is CCn1nc(-c2ccc(Oc3ccccc3)cc2)c(C(N)=O)c1NC. The third-order valence-electron chi connectivity index (χ3n) is 3.84. The number of para-hydroxylation sites is 1. The fourth-order valence-electron chi connectivity index (χ4n) is 2.69. The summed E-state index contributed by atoms with van der Waals surface area (Å²) < 4.78 is 7.51. The van der Waals surface area contributed by atoms with Crippen LogP contribution in [0.5, 0.6) is 11.5 Å². The number of nitrogens with zero attached hydrogens (tertiary/aromatic N) is 2. The van der Waals surface area contributed by atoms with Crippen LogP contribution in [0.1, 0.15) is 17.3 Å². The molecule has 0 spiro atoms. The van der Waals surface area contributed by atoms with Gasteiger partial charge in [0.15, 0.2) is 0 Å². The lowest BCUT2D eigenvalue weighted by Crippen LogP contribution is -2.14. The number of benzene rings is 2. The highest BCUT2D eigenvalue weighted by Gasteiger charge is 2.22. The Kier molecular flexibility index (Phi) is 4.70. The number of hydrogen-bond donors (Lipinski definition) is 2. The zero-order valence-electron chi connectivity index (χ0n) is 14.2. The molecule has 6 heteroatoms. The Morgan fingerprint density at radius 2 is 1.76 bits per heavy atom. The molecule has 0 aliphatic heterocycles. The van der Waals surface area contributed by atoms with Crippen LogP contribution in [0.4, 0.5) is 5.82 Å². The van der Waals surface area contributed by atoms with Gasteiger partial charge in [-0.2, -0.15) is 5.10 Å². The standard InChI is InChI=1S/C19H20N4O2/c1-3-23-19(21-2)16(18(20)24)17(22-23)13-9-11-15(12-10-13)25-14-7-5-4-6-8-14/h4-12,21H,3H2,1-2H3,(H2,20,24). The fraction of sp³-hybridized carbons (Fsp3) is 0.158. The minimum absolute atomic E-state index is 0.390. The minimum Gasteiger partial charge on any atom is -0.457 e. The maximum absolute atomic E-state index is 11.9. The van der Waals surface area contributed by atoms with Gasteiger partial charge in [-0.25, -0.2) is 4.68 Å². The molecular formula is C19H20N4O2. The first-order chi connectivity index (χ1) is 12.1. The van der Waals surface area contributed by atoms with Crippen molar-refractivity contribution in [2.75, 3.05) is 12.4 Å². The Morgan fingerprint density at radius 1 is 1.12 bits per heavy atom. The number of aromatic nitrogens is 2. The van der Waals surface area contributed by atoms with E-state index in [1.54, 1.807) is 11.7 Å². The summed E-state index contributed by atoms with van der Waals surface area (Å²) in [6.45, 7) is 2.59. The van der Waals surface area contributed by atoms with Gasteiger partial charge >= 0.3 is 0 Å². The van der Waals surface area contributed by atoms with Gasteiger partial charge in [-0.15, -0.1) is 0 Å². The second-order valence-corrected chi connectivity index (χ2v) is 5.44. The van der Waals surface area contributed by atoms with Crippen LogP contribution in [0.15, 0.2) is 54.6 Å². The number of aryl methyl sites for hydroxylation is 1. The Hall–Kier alpha value is -3.28. The predicted octanol–water partition coefficient (Wildman–Crippen LogP) is 3.50. The Bertz CT molecular complexity index is 870. The van der Waals surface area contributed by atoms with E-state index in [1.165, 1.54) is 0 Å². The summed E-state index contributed by atoms with van der Waals surface area (Å²) in [4.78, 5) is 11.9. The van der Waals surface area contributed by atoms with Crippen LogP contribution in [0.2, 0.25) is 0 Å². The monoisotopic (exact) mass is 336 g/mol. The van der Waals surface area contributed by atoms with E-state index in [2.05, 4.69) is 10.4 Å². The summed E-state index contributed by atoms with van der Waals surface area (Å²) in [5.74, 6) is 1.58. The summed E-state index contributed by atoms with van der Waals surface area (Å²) in [5, 5.41) is 7.52. The lowest BCUT2D eigenvalue weighted by molar-refractivity contribution is 0.100. The second-order valence-electron chi connectivity index (χ2n) is 5.44. The number of amides is 1. The lowest BCUT2D eigenvalue weighted by atomic mass is 10.1. The average Bonchev–Trinajstić information content (AvgIpc) is 3.02. The van der Waals surface area contributed by atoms with Gasteiger partial charge in [0.05, 0.1) is 0 Å². The zero-order valence-corrected chi connectivity index (χ0v) is 14.2. The molecule has 0 aliphatic rings. The molecule has 25 heavy (non-hydrogen) atoms. The van der Waals surface area contributed by atoms with Crippen molar-refractivity contribution in [2.45, 2.75) is 13.5 Å². The van der Waals surface area contributed by atoms with Crippen LogP contribution in [-0.4, -0.2) is 22.7 Å². The summed E-state index contributed by atoms with van der Waals surface area (Å²) in [6.07, 6.45) is 0. The number of nitrogens with one attached hydrogen (secondary N) is 1. The summed E-state index contributed by atoms with van der Waals surface area (Å²) in [7, 11) is 1.75. The smallest absolute Gasteiger partial charge is 0.254 e. The van der Waals surface area contributed by atoms with Crippen LogP contribution in [-0.2, 0) is 6.54 Å². The zero-order chi connectivity index (χ0) is 17.8. The molecule has 0 saturated heterocycles. The summed E-state index contributed by atoms with van der Waals surface area (Å²) >= 11 is 0. The minimum atomic E-state index is -0.510. The van der Waals surface area contributed by atoms with Crippen LogP contribution < -0.4 is 15.8 Å². The topological polar surface area (TPSA) is 82.2 Å². The molecule has 0 saturated carbocycles. The quantitative estimate of drug-likeness (QED) is 0.722. The molecule has 3 rings (SSSR count). The van der Waals surface area contributed by atoms with E-state index in [1.807, 2.05) is 61.5 Å². The molecule has 1 amide bonds. The molecule has 2 aromatic carbocycles. The number of carbonyl (C=O) groups is 1. The van der Waals surface area contributed by atoms with Crippen molar-refractivity contribution in [1.82, 2.24) is 9.78 Å². The summed E-state index contributed by atoms with van der Waals surface area (Å²) in [5.41, 5.74) is 7.33. The number of hydrogen-bond acceptors (Lipinski definition) is 4. The fourth-order valence-corrected chi connectivity index (χ4v) is 2.69. The van der Waals surface area contributed by atoms with Gasteiger partial charge in [-0.05, 0) is 43.3 Å². The molecule has 0 aliphatic carbocycles. The van der Waals surface area contributed by atoms with Crippen molar-refractivity contribution in [3.63, 3.8) is 0 Å². The molecule has 0 unspecified atom stereocenters. The largest absolute Gasteiger partial charge is 0.457 e. The highest BCUT2D eigenvalue weighted by atomic mass is 16.5. The van der Waals surface area contributed by atoms with Crippen LogP contribution in [0.3, 0.4) is 0 Å². The highest BCUT2D eigenvalue weighted by molar-refractivity contribution is 6.03. The van der Waals surface area contributed by atoms with Crippen LogP contribution in [0, 0.1) is 0 Å². The van der Waals surface area contributed by atoms with Crippen molar-refractivity contribution in [3.05, 3.63) is 60.2 Å².